The number of rotatable bonds is 10. The van der Waals surface area contributed by atoms with E-state index in [9.17, 15) is 1.37 Å². The van der Waals surface area contributed by atoms with Gasteiger partial charge in [-0.25, -0.2) is 4.98 Å². The van der Waals surface area contributed by atoms with Crippen LogP contribution in [0.5, 0.6) is 11.5 Å². The van der Waals surface area contributed by atoms with Crippen LogP contribution in [0.15, 0.2) is 212 Å². The number of nitrogens with zero attached hydrogens (tertiary/aromatic N) is 4. The first-order valence-electron chi connectivity index (χ1n) is 26.6. The highest BCUT2D eigenvalue weighted by Gasteiger charge is 2.22. The summed E-state index contributed by atoms with van der Waals surface area (Å²) in [6, 6.07) is 40.4. The van der Waals surface area contributed by atoms with E-state index in [4.69, 9.17) is 23.4 Å². The summed E-state index contributed by atoms with van der Waals surface area (Å²) in [5.41, 5.74) is 6.54. The molecule has 1 atom stereocenters. The largest absolute Gasteiger partial charge is 0.458 e. The number of imidazole rings is 1. The Morgan fingerprint density at radius 3 is 1.95 bits per heavy atom. The van der Waals surface area contributed by atoms with Crippen LogP contribution >= 0.6 is 0 Å². The van der Waals surface area contributed by atoms with Gasteiger partial charge >= 0.3 is 0 Å². The standard InChI is InChI=1S/C59H46N4O/c1-40(2)41(3)52-37-58(60-38-53(52)44-23-11-6-12-24-44)63-54-30-14-13-27-50(54)51-34-33-47(36-57(51)63)64-46-26-17-25-45(35-46)61-39-62(56-32-16-15-31-55(56)61)59-48(42-19-7-4-8-20-42)28-18-29-49(59)43-21-9-5-10-22-43/h4-38,40-41H,1-3H3/i4D,5D,7D,8D,9D,10D,19D,20D,21D,22D,41D. The molecule has 0 aliphatic carbocycles. The van der Waals surface area contributed by atoms with Gasteiger partial charge in [-0.3, -0.25) is 13.7 Å². The van der Waals surface area contributed by atoms with Crippen LogP contribution in [0, 0.1) is 12.2 Å². The van der Waals surface area contributed by atoms with Crippen molar-refractivity contribution in [3.63, 3.8) is 0 Å². The molecule has 3 aromatic heterocycles. The molecule has 0 N–H and O–H groups in total. The van der Waals surface area contributed by atoms with Crippen molar-refractivity contribution in [1.29, 1.82) is 0 Å². The Balaban J connectivity index is 1.06. The van der Waals surface area contributed by atoms with Gasteiger partial charge in [0.1, 0.15) is 17.3 Å². The molecule has 0 bridgehead atoms. The first-order valence-corrected chi connectivity index (χ1v) is 21.1. The number of benzene rings is 8. The second-order valence-electron chi connectivity index (χ2n) is 15.9. The molecule has 0 radical (unpaired) electrons. The van der Waals surface area contributed by atoms with Crippen molar-refractivity contribution in [3.05, 3.63) is 224 Å². The Morgan fingerprint density at radius 2 is 1.22 bits per heavy atom. The van der Waals surface area contributed by atoms with E-state index in [0.717, 1.165) is 38.5 Å². The van der Waals surface area contributed by atoms with Crippen molar-refractivity contribution in [2.75, 3.05) is 0 Å². The SMILES string of the molecule is [2H]c1c([2H])c([2H])c(-c2cccc(-c3c([2H])c([2H])c([2H])c([2H])c3[2H])c2-[n+]2[c-]n(-c3cccc(Oc4ccc5c6ccccc6n(-c6cc(C([2H])(C)C(C)C)c(-c7ccccc7)cn6)c5c4)c3)c3ccccc32)c([2H])c1[2H]. The quantitative estimate of drug-likeness (QED) is 0.102. The summed E-state index contributed by atoms with van der Waals surface area (Å²) >= 11 is 0. The lowest BCUT2D eigenvalue weighted by Gasteiger charge is -2.21. The molecule has 11 aromatic rings. The molecule has 3 heterocycles. The van der Waals surface area contributed by atoms with Crippen LogP contribution in [0.3, 0.4) is 0 Å². The molecule has 0 aliphatic rings. The summed E-state index contributed by atoms with van der Waals surface area (Å²) in [7, 11) is 0. The van der Waals surface area contributed by atoms with E-state index in [1.807, 2.05) is 128 Å². The predicted octanol–water partition coefficient (Wildman–Crippen LogP) is 14.8. The van der Waals surface area contributed by atoms with Crippen molar-refractivity contribution in [2.45, 2.75) is 26.7 Å². The van der Waals surface area contributed by atoms with Gasteiger partial charge in [-0.1, -0.05) is 178 Å². The zero-order chi connectivity index (χ0) is 52.8. The summed E-state index contributed by atoms with van der Waals surface area (Å²) in [6.07, 6.45) is 5.31. The van der Waals surface area contributed by atoms with Gasteiger partial charge in [-0.15, -0.1) is 0 Å². The molecule has 0 amide bonds. The smallest absolute Gasteiger partial charge is 0.269 e. The summed E-state index contributed by atoms with van der Waals surface area (Å²) in [5.74, 6) is 0.757. The van der Waals surface area contributed by atoms with Crippen LogP contribution in [0.1, 0.15) is 47.3 Å². The lowest BCUT2D eigenvalue weighted by molar-refractivity contribution is -0.571. The molecule has 0 fully saturated rings. The summed E-state index contributed by atoms with van der Waals surface area (Å²) < 4.78 is 109. The van der Waals surface area contributed by atoms with Crippen molar-refractivity contribution < 1.29 is 24.4 Å². The molecule has 64 heavy (non-hydrogen) atoms. The van der Waals surface area contributed by atoms with E-state index in [1.165, 1.54) is 0 Å². The van der Waals surface area contributed by atoms with Gasteiger partial charge in [0, 0.05) is 30.0 Å². The first kappa shape index (κ1) is 28.6. The van der Waals surface area contributed by atoms with Gasteiger partial charge in [0.15, 0.2) is 0 Å². The number of ether oxygens (including phenoxy) is 1. The highest BCUT2D eigenvalue weighted by molar-refractivity contribution is 6.09. The molecule has 308 valence electrons. The Morgan fingerprint density at radius 1 is 0.578 bits per heavy atom. The minimum atomic E-state index is -0.941. The van der Waals surface area contributed by atoms with E-state index in [1.54, 1.807) is 27.3 Å². The molecule has 8 aromatic carbocycles. The minimum absolute atomic E-state index is 0.00182. The molecule has 0 saturated heterocycles. The Bertz CT molecular complexity index is 3990. The predicted molar refractivity (Wildman–Crippen MR) is 262 cm³/mol. The minimum Gasteiger partial charge on any atom is -0.458 e. The lowest BCUT2D eigenvalue weighted by Crippen LogP contribution is -2.31. The van der Waals surface area contributed by atoms with Crippen molar-refractivity contribution in [1.82, 2.24) is 14.1 Å². The van der Waals surface area contributed by atoms with Gasteiger partial charge in [0.05, 0.1) is 47.1 Å². The average molecular weight is 838 g/mol. The highest BCUT2D eigenvalue weighted by atomic mass is 16.5. The number of para-hydroxylation sites is 4. The second kappa shape index (κ2) is 16.4. The number of hydrogen-bond donors (Lipinski definition) is 0. The van der Waals surface area contributed by atoms with E-state index in [2.05, 4.69) is 36.9 Å². The molecule has 5 nitrogen and oxygen atoms in total. The van der Waals surface area contributed by atoms with E-state index in [0.29, 0.717) is 34.0 Å². The van der Waals surface area contributed by atoms with E-state index >= 15 is 0 Å². The van der Waals surface area contributed by atoms with Crippen LogP contribution in [-0.4, -0.2) is 14.1 Å². The maximum atomic E-state index is 9.62. The summed E-state index contributed by atoms with van der Waals surface area (Å²) in [4.78, 5) is 5.07. The molecule has 11 rings (SSSR count). The fourth-order valence-corrected chi connectivity index (χ4v) is 8.51. The fourth-order valence-electron chi connectivity index (χ4n) is 8.51. The third-order valence-corrected chi connectivity index (χ3v) is 11.8. The third kappa shape index (κ3) is 6.92. The third-order valence-electron chi connectivity index (χ3n) is 11.8. The Kier molecular flexibility index (Phi) is 7.30. The average Bonchev–Trinajstić information content (AvgIpc) is 3.97. The van der Waals surface area contributed by atoms with Gasteiger partial charge in [-0.2, -0.15) is 0 Å². The van der Waals surface area contributed by atoms with Crippen molar-refractivity contribution in [3.8, 4) is 62.1 Å². The zero-order valence-corrected chi connectivity index (χ0v) is 35.2. The molecule has 0 spiro atoms. The van der Waals surface area contributed by atoms with E-state index < -0.39 is 66.3 Å². The van der Waals surface area contributed by atoms with Crippen LogP contribution < -0.4 is 9.30 Å². The van der Waals surface area contributed by atoms with Gasteiger partial charge in [-0.05, 0) is 87.7 Å². The molecule has 0 saturated carbocycles. The zero-order valence-electron chi connectivity index (χ0n) is 46.2. The van der Waals surface area contributed by atoms with Crippen LogP contribution in [0.4, 0.5) is 0 Å². The number of aromatic nitrogens is 4. The van der Waals surface area contributed by atoms with E-state index in [-0.39, 0.29) is 33.9 Å². The highest BCUT2D eigenvalue weighted by Crippen LogP contribution is 2.39. The Labute approximate surface area is 389 Å². The molecular formula is C59H46N4O. The van der Waals surface area contributed by atoms with Gasteiger partial charge < -0.3 is 4.74 Å². The van der Waals surface area contributed by atoms with Crippen molar-refractivity contribution in [2.24, 2.45) is 5.92 Å². The second-order valence-corrected chi connectivity index (χ2v) is 15.9. The monoisotopic (exact) mass is 837 g/mol. The maximum absolute atomic E-state index is 9.62. The van der Waals surface area contributed by atoms with Crippen LogP contribution in [0.25, 0.3) is 83.4 Å². The first-order chi connectivity index (χ1) is 36.0. The van der Waals surface area contributed by atoms with Crippen LogP contribution in [0.2, 0.25) is 0 Å². The topological polar surface area (TPSA) is 35.9 Å². The normalized spacial score (nSPS) is 15.0. The number of fused-ring (bicyclic) bond motifs is 4. The molecule has 1 unspecified atom stereocenters. The summed E-state index contributed by atoms with van der Waals surface area (Å²) in [5, 5.41) is 2.02. The number of pyridine rings is 1. The van der Waals surface area contributed by atoms with Gasteiger partial charge in [0.2, 0.25) is 0 Å². The maximum Gasteiger partial charge on any atom is 0.269 e. The summed E-state index contributed by atoms with van der Waals surface area (Å²) in [6.45, 7) is 6.08. The Hall–Kier alpha value is -8.02. The molecular weight excluding hydrogens is 781 g/mol. The number of hydrogen-bond acceptors (Lipinski definition) is 2. The molecule has 5 heteroatoms. The van der Waals surface area contributed by atoms with Crippen molar-refractivity contribution >= 4 is 32.8 Å². The lowest BCUT2D eigenvalue weighted by atomic mass is 9.86. The van der Waals surface area contributed by atoms with Gasteiger partial charge in [0.25, 0.3) is 6.33 Å². The molecule has 0 aliphatic heterocycles. The van der Waals surface area contributed by atoms with Crippen LogP contribution in [-0.2, 0) is 0 Å². The fraction of sp³-hybridized carbons (Fsp3) is 0.0847.